The Labute approximate surface area is 183 Å². The zero-order chi connectivity index (χ0) is 22.9. The molecule has 2 aromatic rings. The molecular formula is C25H29NO5. The molecule has 0 bridgehead atoms. The summed E-state index contributed by atoms with van der Waals surface area (Å²) in [5, 5.41) is 0. The largest absolute Gasteiger partial charge is 0.496 e. The molecule has 0 aromatic heterocycles. The molecule has 6 nitrogen and oxygen atoms in total. The maximum absolute atomic E-state index is 13.3. The molecule has 0 N–H and O–H groups in total. The highest BCUT2D eigenvalue weighted by atomic mass is 16.5. The molecule has 0 aliphatic carbocycles. The Bertz CT molecular complexity index is 988. The lowest BCUT2D eigenvalue weighted by atomic mass is 9.77. The van der Waals surface area contributed by atoms with Crippen LogP contribution in [0.15, 0.2) is 48.5 Å². The molecule has 1 heterocycles. The summed E-state index contributed by atoms with van der Waals surface area (Å²) in [5.74, 6) is -1.60. The van der Waals surface area contributed by atoms with Crippen molar-refractivity contribution in [2.24, 2.45) is 11.3 Å². The smallest absolute Gasteiger partial charge is 0.295 e. The molecule has 31 heavy (non-hydrogen) atoms. The van der Waals surface area contributed by atoms with Gasteiger partial charge in [0.2, 0.25) is 5.78 Å². The number of hydrogen-bond donors (Lipinski definition) is 0. The van der Waals surface area contributed by atoms with E-state index in [1.165, 1.54) is 12.0 Å². The van der Waals surface area contributed by atoms with E-state index in [1.54, 1.807) is 57.2 Å². The normalized spacial score (nSPS) is 19.1. The number of nitrogens with zero attached hydrogens (tertiary/aromatic N) is 1. The summed E-state index contributed by atoms with van der Waals surface area (Å²) >= 11 is 0. The Morgan fingerprint density at radius 2 is 1.61 bits per heavy atom. The Kier molecular flexibility index (Phi) is 6.20. The van der Waals surface area contributed by atoms with Gasteiger partial charge in [-0.05, 0) is 44.2 Å². The molecule has 1 amide bonds. The molecule has 2 atom stereocenters. The quantitative estimate of drug-likeness (QED) is 0.510. The standard InChI is InChI=1S/C25H29NO5/c1-15(2)31-17-13-11-16(12-14-17)26-21(18-9-7-8-10-19(18)30-6)20(22(27)24(26)29)23(28)25(3,4)5/h7-15,20-21H,1-6H3. The number of benzene rings is 2. The molecule has 1 aliphatic rings. The number of methoxy groups -OCH3 is 1. The molecule has 6 heteroatoms. The van der Waals surface area contributed by atoms with Gasteiger partial charge in [-0.3, -0.25) is 19.3 Å². The average Bonchev–Trinajstić information content (AvgIpc) is 2.97. The minimum Gasteiger partial charge on any atom is -0.496 e. The van der Waals surface area contributed by atoms with Gasteiger partial charge >= 0.3 is 0 Å². The third-order valence-electron chi connectivity index (χ3n) is 5.27. The summed E-state index contributed by atoms with van der Waals surface area (Å²) < 4.78 is 11.2. The second-order valence-corrected chi connectivity index (χ2v) is 8.98. The molecule has 1 fully saturated rings. The zero-order valence-corrected chi connectivity index (χ0v) is 18.8. The van der Waals surface area contributed by atoms with Gasteiger partial charge in [-0.15, -0.1) is 0 Å². The van der Waals surface area contributed by atoms with E-state index in [4.69, 9.17) is 9.47 Å². The fourth-order valence-electron chi connectivity index (χ4n) is 3.86. The van der Waals surface area contributed by atoms with Crippen LogP contribution in [-0.2, 0) is 14.4 Å². The number of carbonyl (C=O) groups is 3. The van der Waals surface area contributed by atoms with Gasteiger partial charge in [-0.1, -0.05) is 39.0 Å². The van der Waals surface area contributed by atoms with Gasteiger partial charge in [-0.25, -0.2) is 0 Å². The van der Waals surface area contributed by atoms with E-state index < -0.39 is 29.1 Å². The molecule has 1 saturated heterocycles. The monoisotopic (exact) mass is 423 g/mol. The molecule has 2 unspecified atom stereocenters. The first kappa shape index (κ1) is 22.5. The fraction of sp³-hybridized carbons (Fsp3) is 0.400. The van der Waals surface area contributed by atoms with Crippen molar-refractivity contribution in [1.29, 1.82) is 0 Å². The van der Waals surface area contributed by atoms with Crippen LogP contribution in [0, 0.1) is 11.3 Å². The van der Waals surface area contributed by atoms with Crippen LogP contribution < -0.4 is 14.4 Å². The first-order valence-corrected chi connectivity index (χ1v) is 10.4. The molecule has 1 aliphatic heterocycles. The minimum absolute atomic E-state index is 0.0102. The van der Waals surface area contributed by atoms with Crippen molar-refractivity contribution < 1.29 is 23.9 Å². The van der Waals surface area contributed by atoms with E-state index in [2.05, 4.69) is 0 Å². The number of ketones is 2. The summed E-state index contributed by atoms with van der Waals surface area (Å²) in [6.07, 6.45) is 0.0102. The second-order valence-electron chi connectivity index (χ2n) is 8.98. The van der Waals surface area contributed by atoms with Crippen molar-refractivity contribution in [3.8, 4) is 11.5 Å². The molecule has 2 aromatic carbocycles. The predicted octanol–water partition coefficient (Wildman–Crippen LogP) is 4.37. The van der Waals surface area contributed by atoms with Gasteiger partial charge in [0.05, 0.1) is 19.3 Å². The average molecular weight is 424 g/mol. The van der Waals surface area contributed by atoms with E-state index in [9.17, 15) is 14.4 Å². The summed E-state index contributed by atoms with van der Waals surface area (Å²) in [6, 6.07) is 13.4. The summed E-state index contributed by atoms with van der Waals surface area (Å²) in [4.78, 5) is 40.9. The lowest BCUT2D eigenvalue weighted by Crippen LogP contribution is -2.36. The van der Waals surface area contributed by atoms with E-state index >= 15 is 0 Å². The van der Waals surface area contributed by atoms with Crippen molar-refractivity contribution in [2.45, 2.75) is 46.8 Å². The Hall–Kier alpha value is -3.15. The predicted molar refractivity (Wildman–Crippen MR) is 118 cm³/mol. The first-order chi connectivity index (χ1) is 14.6. The van der Waals surface area contributed by atoms with Crippen molar-refractivity contribution >= 4 is 23.2 Å². The van der Waals surface area contributed by atoms with E-state index in [1.807, 2.05) is 26.0 Å². The number of rotatable bonds is 6. The molecule has 0 spiro atoms. The third kappa shape index (κ3) is 4.33. The number of hydrogen-bond acceptors (Lipinski definition) is 5. The van der Waals surface area contributed by atoms with Crippen LogP contribution >= 0.6 is 0 Å². The zero-order valence-electron chi connectivity index (χ0n) is 18.8. The summed E-state index contributed by atoms with van der Waals surface area (Å²) in [7, 11) is 1.53. The van der Waals surface area contributed by atoms with Gasteiger partial charge in [0.1, 0.15) is 17.4 Å². The van der Waals surface area contributed by atoms with Crippen LogP contribution in [0.2, 0.25) is 0 Å². The molecular weight excluding hydrogens is 394 g/mol. The minimum atomic E-state index is -1.12. The SMILES string of the molecule is COc1ccccc1C1C(C(=O)C(C)(C)C)C(=O)C(=O)N1c1ccc(OC(C)C)cc1. The Balaban J connectivity index is 2.15. The number of ether oxygens (including phenoxy) is 2. The van der Waals surface area contributed by atoms with Crippen LogP contribution in [0.5, 0.6) is 11.5 Å². The molecule has 0 radical (unpaired) electrons. The second kappa shape index (κ2) is 8.53. The van der Waals surface area contributed by atoms with Gasteiger partial charge < -0.3 is 9.47 Å². The van der Waals surface area contributed by atoms with Gasteiger partial charge in [0.15, 0.2) is 5.78 Å². The van der Waals surface area contributed by atoms with Crippen molar-refractivity contribution in [3.05, 3.63) is 54.1 Å². The summed E-state index contributed by atoms with van der Waals surface area (Å²) in [5.41, 5.74) is 0.357. The number of carbonyl (C=O) groups excluding carboxylic acids is 3. The number of amides is 1. The van der Waals surface area contributed by atoms with Crippen LogP contribution in [0.25, 0.3) is 0 Å². The van der Waals surface area contributed by atoms with Crippen molar-refractivity contribution in [1.82, 2.24) is 0 Å². The van der Waals surface area contributed by atoms with E-state index in [-0.39, 0.29) is 11.9 Å². The van der Waals surface area contributed by atoms with Gasteiger partial charge in [0, 0.05) is 16.7 Å². The van der Waals surface area contributed by atoms with E-state index in [0.29, 0.717) is 22.7 Å². The lowest BCUT2D eigenvalue weighted by molar-refractivity contribution is -0.141. The molecule has 3 rings (SSSR count). The number of Topliss-reactive ketones (excluding diaryl/α,β-unsaturated/α-hetero) is 2. The number of para-hydroxylation sites is 1. The number of anilines is 1. The molecule has 164 valence electrons. The highest BCUT2D eigenvalue weighted by Gasteiger charge is 2.54. The maximum atomic E-state index is 13.3. The van der Waals surface area contributed by atoms with Crippen LogP contribution in [0.4, 0.5) is 5.69 Å². The summed E-state index contributed by atoms with van der Waals surface area (Å²) in [6.45, 7) is 9.13. The van der Waals surface area contributed by atoms with Crippen LogP contribution in [-0.4, -0.2) is 30.7 Å². The highest BCUT2D eigenvalue weighted by Crippen LogP contribution is 2.45. The highest BCUT2D eigenvalue weighted by molar-refractivity contribution is 6.48. The van der Waals surface area contributed by atoms with Crippen LogP contribution in [0.3, 0.4) is 0 Å². The Morgan fingerprint density at radius 3 is 2.16 bits per heavy atom. The van der Waals surface area contributed by atoms with Gasteiger partial charge in [-0.2, -0.15) is 0 Å². The van der Waals surface area contributed by atoms with Crippen LogP contribution in [0.1, 0.15) is 46.2 Å². The first-order valence-electron chi connectivity index (χ1n) is 10.4. The van der Waals surface area contributed by atoms with Gasteiger partial charge in [0.25, 0.3) is 5.91 Å². The lowest BCUT2D eigenvalue weighted by Gasteiger charge is -2.30. The fourth-order valence-corrected chi connectivity index (χ4v) is 3.86. The Morgan fingerprint density at radius 1 is 1.00 bits per heavy atom. The topological polar surface area (TPSA) is 72.9 Å². The third-order valence-corrected chi connectivity index (χ3v) is 5.27. The van der Waals surface area contributed by atoms with Crippen molar-refractivity contribution in [3.63, 3.8) is 0 Å². The van der Waals surface area contributed by atoms with E-state index in [0.717, 1.165) is 0 Å². The molecule has 0 saturated carbocycles. The van der Waals surface area contributed by atoms with Crippen molar-refractivity contribution in [2.75, 3.05) is 12.0 Å². The maximum Gasteiger partial charge on any atom is 0.295 e.